The van der Waals surface area contributed by atoms with Crippen LogP contribution in [-0.4, -0.2) is 49.8 Å². The minimum atomic E-state index is -3.56. The summed E-state index contributed by atoms with van der Waals surface area (Å²) in [6, 6.07) is 3.11. The molecule has 20 heavy (non-hydrogen) atoms. The average Bonchev–Trinajstić information content (AvgIpc) is 2.91. The molecule has 1 rings (SSSR count). The van der Waals surface area contributed by atoms with Crippen molar-refractivity contribution in [1.29, 1.82) is 0 Å². The number of thiophene rings is 1. The molecular weight excluding hydrogens is 304 g/mol. The minimum Gasteiger partial charge on any atom is -0.393 e. The van der Waals surface area contributed by atoms with Crippen LogP contribution in [0, 0.1) is 0 Å². The van der Waals surface area contributed by atoms with Gasteiger partial charge in [0.25, 0.3) is 0 Å². The quantitative estimate of drug-likeness (QED) is 0.504. The molecule has 0 aliphatic rings. The smallest absolute Gasteiger partial charge is 0.250 e. The van der Waals surface area contributed by atoms with Gasteiger partial charge in [-0.3, -0.25) is 4.79 Å². The Kier molecular flexibility index (Phi) is 6.08. The number of carbonyl (C=O) groups is 1. The van der Waals surface area contributed by atoms with E-state index in [1.165, 1.54) is 13.0 Å². The van der Waals surface area contributed by atoms with Crippen molar-refractivity contribution in [3.8, 4) is 0 Å². The van der Waals surface area contributed by atoms with E-state index >= 15 is 0 Å². The first-order valence-corrected chi connectivity index (χ1v) is 8.26. The molecule has 1 aromatic rings. The predicted molar refractivity (Wildman–Crippen MR) is 74.8 cm³/mol. The van der Waals surface area contributed by atoms with E-state index in [0.29, 0.717) is 0 Å². The summed E-state index contributed by atoms with van der Waals surface area (Å²) in [6.07, 6.45) is -0.0495. The first kappa shape index (κ1) is 17.1. The van der Waals surface area contributed by atoms with Gasteiger partial charge < -0.3 is 15.5 Å². The van der Waals surface area contributed by atoms with E-state index in [4.69, 9.17) is 5.11 Å². The monoisotopic (exact) mass is 322 g/mol. The molecule has 4 N–H and O–H groups in total. The van der Waals surface area contributed by atoms with Crippen molar-refractivity contribution in [1.82, 2.24) is 10.0 Å². The maximum Gasteiger partial charge on any atom is 0.250 e. The number of amides is 1. The van der Waals surface area contributed by atoms with Gasteiger partial charge in [0.1, 0.15) is 9.81 Å². The molecule has 0 saturated heterocycles. The zero-order valence-electron chi connectivity index (χ0n) is 11.0. The number of aliphatic hydroxyl groups excluding tert-OH is 1. The lowest BCUT2D eigenvalue weighted by Crippen LogP contribution is -2.43. The van der Waals surface area contributed by atoms with Gasteiger partial charge in [-0.15, -0.1) is 11.3 Å². The molecule has 1 aromatic heterocycles. The number of nitrogens with one attached hydrogen (secondary N) is 2. The van der Waals surface area contributed by atoms with Crippen LogP contribution in [0.5, 0.6) is 0 Å². The maximum atomic E-state index is 11.7. The summed E-state index contributed by atoms with van der Waals surface area (Å²) in [6.45, 7) is 0.776. The molecule has 0 bridgehead atoms. The highest BCUT2D eigenvalue weighted by atomic mass is 32.2. The van der Waals surface area contributed by atoms with Crippen molar-refractivity contribution in [3.63, 3.8) is 0 Å². The van der Waals surface area contributed by atoms with Gasteiger partial charge in [-0.05, 0) is 18.4 Å². The molecule has 0 aliphatic carbocycles. The molecule has 1 atom stereocenters. The fourth-order valence-electron chi connectivity index (χ4n) is 1.22. The van der Waals surface area contributed by atoms with E-state index in [-0.39, 0.29) is 23.7 Å². The number of hydrogen-bond acceptors (Lipinski definition) is 6. The highest BCUT2D eigenvalue weighted by molar-refractivity contribution is 7.91. The molecule has 1 heterocycles. The number of rotatable bonds is 8. The number of hydrogen-bond donors (Lipinski definition) is 4. The molecule has 9 heteroatoms. The molecule has 1 unspecified atom stereocenters. The van der Waals surface area contributed by atoms with Crippen molar-refractivity contribution in [2.24, 2.45) is 0 Å². The highest BCUT2D eigenvalue weighted by Crippen LogP contribution is 2.14. The van der Waals surface area contributed by atoms with Gasteiger partial charge in [0, 0.05) is 19.5 Å². The van der Waals surface area contributed by atoms with Crippen LogP contribution in [0.3, 0.4) is 0 Å². The molecule has 114 valence electrons. The van der Waals surface area contributed by atoms with Crippen LogP contribution in [0.1, 0.15) is 13.3 Å². The first-order valence-electron chi connectivity index (χ1n) is 5.90. The Balaban J connectivity index is 2.33. The van der Waals surface area contributed by atoms with Crippen LogP contribution in [0.4, 0.5) is 0 Å². The van der Waals surface area contributed by atoms with E-state index in [9.17, 15) is 18.3 Å². The summed E-state index contributed by atoms with van der Waals surface area (Å²) in [5.74, 6) is -0.410. The average molecular weight is 322 g/mol. The van der Waals surface area contributed by atoms with Gasteiger partial charge in [-0.1, -0.05) is 6.07 Å². The lowest BCUT2D eigenvalue weighted by Gasteiger charge is -2.20. The zero-order chi connectivity index (χ0) is 15.2. The summed E-state index contributed by atoms with van der Waals surface area (Å²) >= 11 is 1.09. The predicted octanol–water partition coefficient (Wildman–Crippen LogP) is -0.724. The standard InChI is InChI=1S/C11H18N2O5S2/c1-11(16,8-14)7-12-9(15)4-5-13-20(17,18)10-3-2-6-19-10/h2-3,6,13-14,16H,4-5,7-8H2,1H3,(H,12,15). The fourth-order valence-corrected chi connectivity index (χ4v) is 3.29. The van der Waals surface area contributed by atoms with Gasteiger partial charge in [-0.25, -0.2) is 13.1 Å². The van der Waals surface area contributed by atoms with E-state index < -0.39 is 28.1 Å². The van der Waals surface area contributed by atoms with Crippen LogP contribution in [0.2, 0.25) is 0 Å². The Morgan fingerprint density at radius 2 is 2.20 bits per heavy atom. The Bertz CT molecular complexity index is 525. The fraction of sp³-hybridized carbons (Fsp3) is 0.545. The Hall–Kier alpha value is -1.00. The van der Waals surface area contributed by atoms with Gasteiger partial charge in [0.2, 0.25) is 15.9 Å². The van der Waals surface area contributed by atoms with E-state index in [0.717, 1.165) is 11.3 Å². The van der Waals surface area contributed by atoms with Crippen molar-refractivity contribution in [3.05, 3.63) is 17.5 Å². The minimum absolute atomic E-state index is 0.0344. The second kappa shape index (κ2) is 7.14. The third-order valence-corrected chi connectivity index (χ3v) is 5.27. The molecular formula is C11H18N2O5S2. The second-order valence-electron chi connectivity index (χ2n) is 4.51. The summed E-state index contributed by atoms with van der Waals surface area (Å²) in [7, 11) is -3.56. The highest BCUT2D eigenvalue weighted by Gasteiger charge is 2.20. The maximum absolute atomic E-state index is 11.7. The first-order chi connectivity index (χ1) is 9.27. The second-order valence-corrected chi connectivity index (χ2v) is 7.45. The van der Waals surface area contributed by atoms with Crippen LogP contribution in [0.25, 0.3) is 0 Å². The molecule has 0 fully saturated rings. The van der Waals surface area contributed by atoms with Crippen LogP contribution in [0.15, 0.2) is 21.7 Å². The normalized spacial score (nSPS) is 14.8. The van der Waals surface area contributed by atoms with Crippen LogP contribution in [-0.2, 0) is 14.8 Å². The summed E-state index contributed by atoms with van der Waals surface area (Å²) in [5, 5.41) is 22.3. The van der Waals surface area contributed by atoms with Crippen LogP contribution >= 0.6 is 11.3 Å². The van der Waals surface area contributed by atoms with E-state index in [1.54, 1.807) is 11.4 Å². The van der Waals surface area contributed by atoms with E-state index in [1.807, 2.05) is 0 Å². The Labute approximate surface area is 121 Å². The Morgan fingerprint density at radius 3 is 2.75 bits per heavy atom. The lowest BCUT2D eigenvalue weighted by molar-refractivity contribution is -0.122. The molecule has 0 radical (unpaired) electrons. The number of carbonyl (C=O) groups excluding carboxylic acids is 1. The van der Waals surface area contributed by atoms with Gasteiger partial charge in [0.05, 0.1) is 6.61 Å². The summed E-state index contributed by atoms with van der Waals surface area (Å²) < 4.78 is 26.0. The summed E-state index contributed by atoms with van der Waals surface area (Å²) in [5.41, 5.74) is -1.38. The number of sulfonamides is 1. The summed E-state index contributed by atoms with van der Waals surface area (Å²) in [4.78, 5) is 11.4. The third-order valence-electron chi connectivity index (χ3n) is 2.41. The van der Waals surface area contributed by atoms with E-state index in [2.05, 4.69) is 10.0 Å². The van der Waals surface area contributed by atoms with Gasteiger partial charge in [0.15, 0.2) is 0 Å². The topological polar surface area (TPSA) is 116 Å². The van der Waals surface area contributed by atoms with Crippen molar-refractivity contribution >= 4 is 27.3 Å². The zero-order valence-corrected chi connectivity index (χ0v) is 12.6. The van der Waals surface area contributed by atoms with Crippen molar-refractivity contribution in [2.45, 2.75) is 23.2 Å². The molecule has 1 amide bonds. The molecule has 0 aromatic carbocycles. The van der Waals surface area contributed by atoms with Crippen molar-refractivity contribution < 1.29 is 23.4 Å². The lowest BCUT2D eigenvalue weighted by atomic mass is 10.1. The van der Waals surface area contributed by atoms with Gasteiger partial charge >= 0.3 is 0 Å². The molecule has 7 nitrogen and oxygen atoms in total. The van der Waals surface area contributed by atoms with Crippen LogP contribution < -0.4 is 10.0 Å². The largest absolute Gasteiger partial charge is 0.393 e. The molecule has 0 saturated carbocycles. The number of aliphatic hydroxyl groups is 2. The SMILES string of the molecule is CC(O)(CO)CNC(=O)CCNS(=O)(=O)c1cccs1. The van der Waals surface area contributed by atoms with Gasteiger partial charge in [-0.2, -0.15) is 0 Å². The molecule has 0 spiro atoms. The molecule has 0 aliphatic heterocycles. The Morgan fingerprint density at radius 1 is 1.50 bits per heavy atom. The van der Waals surface area contributed by atoms with Crippen molar-refractivity contribution in [2.75, 3.05) is 19.7 Å². The third kappa shape index (κ3) is 5.55.